The van der Waals surface area contributed by atoms with Crippen molar-refractivity contribution in [2.24, 2.45) is 0 Å². The molecule has 6 heteroatoms. The van der Waals surface area contributed by atoms with Gasteiger partial charge in [0.1, 0.15) is 17.5 Å². The van der Waals surface area contributed by atoms with Gasteiger partial charge in [-0.3, -0.25) is 0 Å². The van der Waals surface area contributed by atoms with Crippen LogP contribution in [0.3, 0.4) is 0 Å². The molecule has 0 unspecified atom stereocenters. The minimum Gasteiger partial charge on any atom is -0.488 e. The molecule has 0 aliphatic carbocycles. The van der Waals surface area contributed by atoms with Crippen molar-refractivity contribution in [2.45, 2.75) is 45.3 Å². The molecule has 1 saturated heterocycles. The Morgan fingerprint density at radius 3 is 2.48 bits per heavy atom. The largest absolute Gasteiger partial charge is 0.488 e. The fourth-order valence-electron chi connectivity index (χ4n) is 3.38. The van der Waals surface area contributed by atoms with Crippen LogP contribution in [0.15, 0.2) is 52.9 Å². The highest BCUT2D eigenvalue weighted by Gasteiger charge is 2.28. The Kier molecular flexibility index (Phi) is 5.18. The lowest BCUT2D eigenvalue weighted by atomic mass is 10.1. The molecule has 1 fully saturated rings. The second-order valence-corrected chi connectivity index (χ2v) is 8.27. The molecule has 4 rings (SSSR count). The predicted molar refractivity (Wildman–Crippen MR) is 111 cm³/mol. The summed E-state index contributed by atoms with van der Waals surface area (Å²) in [4.78, 5) is 18.6. The maximum absolute atomic E-state index is 12.2. The molecule has 2 heterocycles. The topological polar surface area (TPSA) is 64.8 Å². The molecule has 1 amide bonds. The lowest BCUT2D eigenvalue weighted by Gasteiger charge is -2.33. The first-order valence-corrected chi connectivity index (χ1v) is 9.98. The fourth-order valence-corrected chi connectivity index (χ4v) is 3.38. The second-order valence-electron chi connectivity index (χ2n) is 8.27. The van der Waals surface area contributed by atoms with Gasteiger partial charge in [-0.25, -0.2) is 9.78 Å². The van der Waals surface area contributed by atoms with Gasteiger partial charge in [0, 0.05) is 31.5 Å². The van der Waals surface area contributed by atoms with Crippen LogP contribution in [0.2, 0.25) is 0 Å². The van der Waals surface area contributed by atoms with Gasteiger partial charge in [0.15, 0.2) is 11.1 Å². The van der Waals surface area contributed by atoms with Crippen LogP contribution in [0.4, 0.5) is 4.79 Å². The van der Waals surface area contributed by atoms with E-state index in [1.165, 1.54) is 0 Å². The summed E-state index contributed by atoms with van der Waals surface area (Å²) in [5.74, 6) is 1.29. The van der Waals surface area contributed by atoms with Crippen molar-refractivity contribution in [3.63, 3.8) is 0 Å². The summed E-state index contributed by atoms with van der Waals surface area (Å²) in [6, 6.07) is 15.5. The van der Waals surface area contributed by atoms with Crippen LogP contribution in [-0.2, 0) is 4.74 Å². The highest BCUT2D eigenvalue weighted by atomic mass is 16.6. The highest BCUT2D eigenvalue weighted by Crippen LogP contribution is 2.31. The monoisotopic (exact) mass is 394 g/mol. The Morgan fingerprint density at radius 2 is 1.79 bits per heavy atom. The number of hydrogen-bond acceptors (Lipinski definition) is 5. The van der Waals surface area contributed by atoms with Crippen molar-refractivity contribution >= 4 is 17.2 Å². The molecule has 0 saturated carbocycles. The van der Waals surface area contributed by atoms with E-state index in [0.29, 0.717) is 30.3 Å². The summed E-state index contributed by atoms with van der Waals surface area (Å²) in [7, 11) is 0. The van der Waals surface area contributed by atoms with E-state index in [2.05, 4.69) is 4.98 Å². The van der Waals surface area contributed by atoms with Gasteiger partial charge in [0.2, 0.25) is 5.89 Å². The third-order valence-electron chi connectivity index (χ3n) is 4.79. The van der Waals surface area contributed by atoms with E-state index in [-0.39, 0.29) is 12.2 Å². The van der Waals surface area contributed by atoms with Crippen molar-refractivity contribution < 1.29 is 18.7 Å². The third-order valence-corrected chi connectivity index (χ3v) is 4.79. The van der Waals surface area contributed by atoms with Crippen LogP contribution >= 0.6 is 0 Å². The van der Waals surface area contributed by atoms with Gasteiger partial charge in [0.05, 0.1) is 0 Å². The number of ether oxygens (including phenoxy) is 2. The number of hydrogen-bond donors (Lipinski definition) is 0. The quantitative estimate of drug-likeness (QED) is 0.605. The van der Waals surface area contributed by atoms with Crippen molar-refractivity contribution in [1.29, 1.82) is 0 Å². The smallest absolute Gasteiger partial charge is 0.410 e. The summed E-state index contributed by atoms with van der Waals surface area (Å²) < 4.78 is 17.6. The van der Waals surface area contributed by atoms with Gasteiger partial charge in [-0.15, -0.1) is 0 Å². The zero-order valence-electron chi connectivity index (χ0n) is 17.1. The number of amides is 1. The lowest BCUT2D eigenvalue weighted by molar-refractivity contribution is 0.0127. The molecule has 3 aromatic rings. The molecule has 0 bridgehead atoms. The van der Waals surface area contributed by atoms with Crippen LogP contribution in [0.25, 0.3) is 22.6 Å². The number of piperidine rings is 1. The van der Waals surface area contributed by atoms with E-state index in [1.54, 1.807) is 4.90 Å². The maximum Gasteiger partial charge on any atom is 0.410 e. The molecule has 1 aromatic heterocycles. The number of carbonyl (C=O) groups is 1. The molecule has 1 aliphatic rings. The standard InChI is InChI=1S/C23H26N2O4/c1-23(2,3)29-22(26)25-14-12-17(13-15-25)27-18-10-7-11-19-20(18)24-21(28-19)16-8-5-4-6-9-16/h4-11,17H,12-15H2,1-3H3. The van der Waals surface area contributed by atoms with E-state index in [4.69, 9.17) is 13.9 Å². The minimum absolute atomic E-state index is 0.0242. The summed E-state index contributed by atoms with van der Waals surface area (Å²) in [6.45, 7) is 6.86. The number of fused-ring (bicyclic) bond motifs is 1. The average Bonchev–Trinajstić information content (AvgIpc) is 3.13. The number of nitrogens with zero attached hydrogens (tertiary/aromatic N) is 2. The minimum atomic E-state index is -0.483. The number of para-hydroxylation sites is 1. The number of benzene rings is 2. The van der Waals surface area contributed by atoms with E-state index in [0.717, 1.165) is 23.9 Å². The second kappa shape index (κ2) is 7.78. The summed E-state index contributed by atoms with van der Waals surface area (Å²) >= 11 is 0. The molecule has 0 N–H and O–H groups in total. The van der Waals surface area contributed by atoms with Crippen LogP contribution < -0.4 is 4.74 Å². The number of aromatic nitrogens is 1. The van der Waals surface area contributed by atoms with E-state index < -0.39 is 5.60 Å². The number of oxazole rings is 1. The van der Waals surface area contributed by atoms with E-state index in [1.807, 2.05) is 69.3 Å². The molecular weight excluding hydrogens is 368 g/mol. The number of likely N-dealkylation sites (tertiary alicyclic amines) is 1. The van der Waals surface area contributed by atoms with Crippen LogP contribution in [0.5, 0.6) is 5.75 Å². The van der Waals surface area contributed by atoms with Crippen LogP contribution in [-0.4, -0.2) is 40.8 Å². The number of carbonyl (C=O) groups excluding carboxylic acids is 1. The molecule has 29 heavy (non-hydrogen) atoms. The van der Waals surface area contributed by atoms with E-state index in [9.17, 15) is 4.79 Å². The van der Waals surface area contributed by atoms with Crippen LogP contribution in [0.1, 0.15) is 33.6 Å². The molecule has 152 valence electrons. The predicted octanol–water partition coefficient (Wildman–Crippen LogP) is 5.27. The average molecular weight is 394 g/mol. The fraction of sp³-hybridized carbons (Fsp3) is 0.391. The van der Waals surface area contributed by atoms with Crippen LogP contribution in [0, 0.1) is 0 Å². The highest BCUT2D eigenvalue weighted by molar-refractivity contribution is 5.82. The maximum atomic E-state index is 12.2. The van der Waals surface area contributed by atoms with Gasteiger partial charge < -0.3 is 18.8 Å². The van der Waals surface area contributed by atoms with Crippen molar-refractivity contribution in [1.82, 2.24) is 9.88 Å². The summed E-state index contributed by atoms with van der Waals surface area (Å²) in [6.07, 6.45) is 1.26. The van der Waals surface area contributed by atoms with Gasteiger partial charge in [-0.1, -0.05) is 24.3 Å². The molecule has 0 atom stereocenters. The number of rotatable bonds is 3. The first-order chi connectivity index (χ1) is 13.9. The molecule has 6 nitrogen and oxygen atoms in total. The molecule has 1 aliphatic heterocycles. The van der Waals surface area contributed by atoms with Gasteiger partial charge in [0.25, 0.3) is 0 Å². The molecule has 0 spiro atoms. The summed E-state index contributed by atoms with van der Waals surface area (Å²) in [5.41, 5.74) is 1.87. The molecular formula is C23H26N2O4. The Balaban J connectivity index is 1.44. The van der Waals surface area contributed by atoms with Gasteiger partial charge >= 0.3 is 6.09 Å². The Morgan fingerprint density at radius 1 is 1.07 bits per heavy atom. The summed E-state index contributed by atoms with van der Waals surface area (Å²) in [5, 5.41) is 0. The van der Waals surface area contributed by atoms with Gasteiger partial charge in [-0.2, -0.15) is 0 Å². The Hall–Kier alpha value is -3.02. The third kappa shape index (κ3) is 4.53. The molecule has 2 aromatic carbocycles. The normalized spacial score (nSPS) is 15.5. The lowest BCUT2D eigenvalue weighted by Crippen LogP contribution is -2.44. The molecule has 0 radical (unpaired) electrons. The zero-order chi connectivity index (χ0) is 20.4. The van der Waals surface area contributed by atoms with Crippen molar-refractivity contribution in [3.05, 3.63) is 48.5 Å². The van der Waals surface area contributed by atoms with E-state index >= 15 is 0 Å². The van der Waals surface area contributed by atoms with Gasteiger partial charge in [-0.05, 0) is 45.0 Å². The first kappa shape index (κ1) is 19.3. The van der Waals surface area contributed by atoms with Crippen molar-refractivity contribution in [2.75, 3.05) is 13.1 Å². The zero-order valence-corrected chi connectivity index (χ0v) is 17.1. The first-order valence-electron chi connectivity index (χ1n) is 9.98. The van der Waals surface area contributed by atoms with Crippen molar-refractivity contribution in [3.8, 4) is 17.2 Å². The Labute approximate surface area is 170 Å². The SMILES string of the molecule is CC(C)(C)OC(=O)N1CCC(Oc2cccc3oc(-c4ccccc4)nc23)CC1. The Bertz CT molecular complexity index is 983.